The number of hydrogen-bond donors (Lipinski definition) is 0. The molecule has 0 saturated heterocycles. The zero-order chi connectivity index (χ0) is 49.8. The maximum Gasteiger partial charge on any atom is 0.0720 e. The van der Waals surface area contributed by atoms with Crippen molar-refractivity contribution in [2.45, 2.75) is 10.8 Å². The van der Waals surface area contributed by atoms with Crippen LogP contribution in [-0.2, 0) is 10.8 Å². The van der Waals surface area contributed by atoms with E-state index in [1.165, 1.54) is 100 Å². The van der Waals surface area contributed by atoms with Gasteiger partial charge in [-0.2, -0.15) is 0 Å². The average Bonchev–Trinajstić information content (AvgIpc) is 3.81. The zero-order valence-corrected chi connectivity index (χ0v) is 41.4. The summed E-state index contributed by atoms with van der Waals surface area (Å²) in [6.45, 7) is 0. The number of anilines is 3. The van der Waals surface area contributed by atoms with Crippen LogP contribution in [0.5, 0.6) is 0 Å². The first-order chi connectivity index (χ1) is 37.2. The maximum absolute atomic E-state index is 2.45. The third-order valence-electron chi connectivity index (χ3n) is 16.1. The molecule has 2 aliphatic rings. The molecular weight excluding hydrogens is 903 g/mol. The lowest BCUT2D eigenvalue weighted by molar-refractivity contribution is 0.623. The summed E-state index contributed by atoms with van der Waals surface area (Å²) < 4.78 is 0. The average molecular weight is 954 g/mol. The lowest BCUT2D eigenvalue weighted by Crippen LogP contribution is -2.44. The van der Waals surface area contributed by atoms with Gasteiger partial charge in [-0.15, -0.1) is 0 Å². The summed E-state index contributed by atoms with van der Waals surface area (Å²) in [5.41, 5.74) is 24.8. The third-order valence-corrected chi connectivity index (χ3v) is 16.1. The molecule has 0 bridgehead atoms. The first-order valence-corrected chi connectivity index (χ1v) is 26.1. The summed E-state index contributed by atoms with van der Waals surface area (Å²) in [6, 6.07) is 114. The topological polar surface area (TPSA) is 3.24 Å². The second-order valence-electron chi connectivity index (χ2n) is 19.9. The van der Waals surface area contributed by atoms with Crippen LogP contribution in [0.15, 0.2) is 309 Å². The minimum atomic E-state index is -0.535. The highest BCUT2D eigenvalue weighted by Crippen LogP contribution is 2.64. The Bertz CT molecular complexity index is 3900. The predicted molar refractivity (Wildman–Crippen MR) is 312 cm³/mol. The summed E-state index contributed by atoms with van der Waals surface area (Å²) in [5.74, 6) is 0. The molecule has 0 amide bonds. The van der Waals surface area contributed by atoms with E-state index in [9.17, 15) is 0 Å². The Balaban J connectivity index is 0.865. The smallest absolute Gasteiger partial charge is 0.0720 e. The highest BCUT2D eigenvalue weighted by atomic mass is 15.1. The molecule has 1 heteroatoms. The van der Waals surface area contributed by atoms with E-state index >= 15 is 0 Å². The molecule has 0 aromatic heterocycles. The van der Waals surface area contributed by atoms with Gasteiger partial charge in [-0.3, -0.25) is 0 Å². The fraction of sp³-hybridized carbons (Fsp3) is 0.0270. The Morgan fingerprint density at radius 2 is 0.467 bits per heavy atom. The summed E-state index contributed by atoms with van der Waals surface area (Å²) in [7, 11) is 0. The maximum atomic E-state index is 2.45. The standard InChI is InChI=1S/C74H51N/c1-5-19-52(20-6-1)54-33-35-55(36-34-54)57-39-46-63(47-40-57)75(62-44-37-56(38-45-62)53-21-7-2-8-22-53)64-48-41-58(42-49-64)59-43-50-68-66(51-59)65-27-13-14-28-67(65)74(68)71-31-17-15-29-69(71)73(60-23-9-3-10-24-60,61-25-11-4-12-26-61)70-30-16-18-32-72(70)74/h1-51H. The number of nitrogens with zero attached hydrogens (tertiary/aromatic N) is 1. The monoisotopic (exact) mass is 953 g/mol. The molecule has 0 saturated carbocycles. The Labute approximate surface area is 440 Å². The molecule has 14 rings (SSSR count). The van der Waals surface area contributed by atoms with Gasteiger partial charge in [0.25, 0.3) is 0 Å². The zero-order valence-electron chi connectivity index (χ0n) is 41.4. The SMILES string of the molecule is c1ccc(-c2ccc(-c3ccc(N(c4ccc(-c5ccccc5)cc4)c4ccc(-c5ccc6c(c5)-c5ccccc5C65c6ccccc6C(c6ccccc6)(c6ccccc6)c6ccccc65)cc4)cc3)cc2)cc1. The molecule has 0 heterocycles. The highest BCUT2D eigenvalue weighted by molar-refractivity contribution is 5.92. The van der Waals surface area contributed by atoms with Gasteiger partial charge < -0.3 is 4.90 Å². The van der Waals surface area contributed by atoms with Crippen LogP contribution in [0.2, 0.25) is 0 Å². The molecule has 12 aromatic carbocycles. The summed E-state index contributed by atoms with van der Waals surface area (Å²) in [5, 5.41) is 0. The van der Waals surface area contributed by atoms with E-state index in [2.05, 4.69) is 314 Å². The van der Waals surface area contributed by atoms with Gasteiger partial charge in [0, 0.05) is 17.1 Å². The van der Waals surface area contributed by atoms with Gasteiger partial charge in [-0.25, -0.2) is 0 Å². The Hall–Kier alpha value is -9.56. The van der Waals surface area contributed by atoms with Crippen LogP contribution in [0, 0.1) is 0 Å². The van der Waals surface area contributed by atoms with Crippen molar-refractivity contribution in [1.82, 2.24) is 0 Å². The fourth-order valence-electron chi connectivity index (χ4n) is 12.7. The van der Waals surface area contributed by atoms with Gasteiger partial charge in [-0.05, 0) is 143 Å². The van der Waals surface area contributed by atoms with E-state index in [1.54, 1.807) is 0 Å². The largest absolute Gasteiger partial charge is 0.311 e. The highest BCUT2D eigenvalue weighted by Gasteiger charge is 2.56. The molecule has 352 valence electrons. The molecule has 0 atom stereocenters. The number of fused-ring (bicyclic) bond motifs is 9. The molecule has 0 N–H and O–H groups in total. The number of benzene rings is 12. The second-order valence-corrected chi connectivity index (χ2v) is 19.9. The lowest BCUT2D eigenvalue weighted by Gasteiger charge is -2.50. The van der Waals surface area contributed by atoms with E-state index in [-0.39, 0.29) is 0 Å². The van der Waals surface area contributed by atoms with Gasteiger partial charge in [-0.1, -0.05) is 267 Å². The molecule has 2 aliphatic carbocycles. The van der Waals surface area contributed by atoms with Crippen molar-refractivity contribution in [2.24, 2.45) is 0 Å². The fourth-order valence-corrected chi connectivity index (χ4v) is 12.7. The van der Waals surface area contributed by atoms with Crippen LogP contribution in [0.1, 0.15) is 44.5 Å². The summed E-state index contributed by atoms with van der Waals surface area (Å²) in [6.07, 6.45) is 0. The number of rotatable bonds is 9. The molecule has 0 unspecified atom stereocenters. The van der Waals surface area contributed by atoms with Crippen molar-refractivity contribution in [2.75, 3.05) is 4.90 Å². The third kappa shape index (κ3) is 7.08. The van der Waals surface area contributed by atoms with Crippen LogP contribution < -0.4 is 4.90 Å². The van der Waals surface area contributed by atoms with Crippen molar-refractivity contribution >= 4 is 17.1 Å². The van der Waals surface area contributed by atoms with E-state index < -0.39 is 10.8 Å². The van der Waals surface area contributed by atoms with Gasteiger partial charge in [0.2, 0.25) is 0 Å². The van der Waals surface area contributed by atoms with E-state index in [1.807, 2.05) is 0 Å². The minimum Gasteiger partial charge on any atom is -0.311 e. The predicted octanol–water partition coefficient (Wildman–Crippen LogP) is 18.9. The van der Waals surface area contributed by atoms with Crippen LogP contribution >= 0.6 is 0 Å². The summed E-state index contributed by atoms with van der Waals surface area (Å²) in [4.78, 5) is 2.37. The Kier molecular flexibility index (Phi) is 10.7. The molecule has 1 nitrogen and oxygen atoms in total. The molecule has 1 spiro atoms. The van der Waals surface area contributed by atoms with Crippen molar-refractivity contribution < 1.29 is 0 Å². The lowest BCUT2D eigenvalue weighted by atomic mass is 9.51. The normalized spacial score (nSPS) is 13.3. The molecule has 0 fully saturated rings. The Morgan fingerprint density at radius 1 is 0.187 bits per heavy atom. The van der Waals surface area contributed by atoms with Crippen LogP contribution in [-0.4, -0.2) is 0 Å². The second kappa shape index (κ2) is 18.2. The molecule has 0 aliphatic heterocycles. The molecule has 12 aromatic rings. The first kappa shape index (κ1) is 44.2. The van der Waals surface area contributed by atoms with E-state index in [0.717, 1.165) is 17.1 Å². The van der Waals surface area contributed by atoms with E-state index in [4.69, 9.17) is 0 Å². The van der Waals surface area contributed by atoms with Crippen LogP contribution in [0.25, 0.3) is 55.6 Å². The first-order valence-electron chi connectivity index (χ1n) is 26.1. The van der Waals surface area contributed by atoms with Gasteiger partial charge >= 0.3 is 0 Å². The molecular formula is C74H51N. The quantitative estimate of drug-likeness (QED) is 0.139. The Morgan fingerprint density at radius 3 is 0.880 bits per heavy atom. The van der Waals surface area contributed by atoms with Gasteiger partial charge in [0.05, 0.1) is 10.8 Å². The van der Waals surface area contributed by atoms with Gasteiger partial charge in [0.15, 0.2) is 0 Å². The van der Waals surface area contributed by atoms with Gasteiger partial charge in [0.1, 0.15) is 0 Å². The molecule has 75 heavy (non-hydrogen) atoms. The van der Waals surface area contributed by atoms with E-state index in [0.29, 0.717) is 0 Å². The van der Waals surface area contributed by atoms with Crippen LogP contribution in [0.3, 0.4) is 0 Å². The van der Waals surface area contributed by atoms with Crippen LogP contribution in [0.4, 0.5) is 17.1 Å². The van der Waals surface area contributed by atoms with Crippen molar-refractivity contribution in [3.8, 4) is 55.6 Å². The summed E-state index contributed by atoms with van der Waals surface area (Å²) >= 11 is 0. The number of hydrogen-bond acceptors (Lipinski definition) is 1. The van der Waals surface area contributed by atoms with Crippen molar-refractivity contribution in [3.05, 3.63) is 354 Å². The molecule has 0 radical (unpaired) electrons. The van der Waals surface area contributed by atoms with Crippen molar-refractivity contribution in [3.63, 3.8) is 0 Å². The van der Waals surface area contributed by atoms with Crippen molar-refractivity contribution in [1.29, 1.82) is 0 Å². The minimum absolute atomic E-state index is 0.532.